The lowest BCUT2D eigenvalue weighted by Crippen LogP contribution is -2.16. The quantitative estimate of drug-likeness (QED) is 0.758. The number of hydrogen-bond acceptors (Lipinski definition) is 4. The summed E-state index contributed by atoms with van der Waals surface area (Å²) in [7, 11) is 1.56. The standard InChI is InChI=1S/C18H17ClN4O2/c1-12-3-7-14(8-4-12)20-18(24)17-16(11-25-2)23(22-21-17)15-9-5-13(19)6-10-15/h3-10H,11H2,1-2H3,(H,20,24). The summed E-state index contributed by atoms with van der Waals surface area (Å²) in [6, 6.07) is 14.6. The minimum atomic E-state index is -0.337. The normalized spacial score (nSPS) is 10.7. The van der Waals surface area contributed by atoms with Crippen LogP contribution >= 0.6 is 11.6 Å². The number of carbonyl (C=O) groups excluding carboxylic acids is 1. The molecule has 1 heterocycles. The van der Waals surface area contributed by atoms with Crippen LogP contribution in [-0.4, -0.2) is 28.0 Å². The predicted molar refractivity (Wildman–Crippen MR) is 96.2 cm³/mol. The SMILES string of the molecule is COCc1c(C(=O)Nc2ccc(C)cc2)nnn1-c1ccc(Cl)cc1. The number of ether oxygens (including phenoxy) is 1. The van der Waals surface area contributed by atoms with E-state index in [1.54, 1.807) is 36.1 Å². The van der Waals surface area contributed by atoms with Gasteiger partial charge in [-0.2, -0.15) is 0 Å². The zero-order valence-electron chi connectivity index (χ0n) is 13.9. The number of hydrogen-bond donors (Lipinski definition) is 1. The molecule has 25 heavy (non-hydrogen) atoms. The first-order valence-electron chi connectivity index (χ1n) is 7.66. The van der Waals surface area contributed by atoms with E-state index in [4.69, 9.17) is 16.3 Å². The Balaban J connectivity index is 1.91. The van der Waals surface area contributed by atoms with Gasteiger partial charge in [0.1, 0.15) is 5.69 Å². The van der Waals surface area contributed by atoms with Crippen molar-refractivity contribution in [2.24, 2.45) is 0 Å². The number of rotatable bonds is 5. The second-order valence-corrected chi connectivity index (χ2v) is 5.96. The molecule has 3 rings (SSSR count). The predicted octanol–water partition coefficient (Wildman–Crippen LogP) is 3.63. The monoisotopic (exact) mass is 356 g/mol. The van der Waals surface area contributed by atoms with Gasteiger partial charge in [0.25, 0.3) is 5.91 Å². The van der Waals surface area contributed by atoms with Crippen LogP contribution in [0.3, 0.4) is 0 Å². The summed E-state index contributed by atoms with van der Waals surface area (Å²) >= 11 is 5.92. The number of carbonyl (C=O) groups is 1. The first kappa shape index (κ1) is 17.1. The number of aryl methyl sites for hydroxylation is 1. The zero-order valence-corrected chi connectivity index (χ0v) is 14.6. The smallest absolute Gasteiger partial charge is 0.278 e. The molecule has 0 atom stereocenters. The van der Waals surface area contributed by atoms with Gasteiger partial charge in [0, 0.05) is 17.8 Å². The zero-order chi connectivity index (χ0) is 17.8. The molecule has 0 aliphatic rings. The summed E-state index contributed by atoms with van der Waals surface area (Å²) in [5.74, 6) is -0.337. The van der Waals surface area contributed by atoms with Gasteiger partial charge in [-0.25, -0.2) is 4.68 Å². The molecule has 0 radical (unpaired) electrons. The fourth-order valence-electron chi connectivity index (χ4n) is 2.36. The highest BCUT2D eigenvalue weighted by Gasteiger charge is 2.20. The summed E-state index contributed by atoms with van der Waals surface area (Å²) in [5, 5.41) is 11.6. The highest BCUT2D eigenvalue weighted by atomic mass is 35.5. The van der Waals surface area contributed by atoms with Crippen LogP contribution in [0.1, 0.15) is 21.7 Å². The molecule has 0 saturated carbocycles. The Morgan fingerprint density at radius 2 is 1.84 bits per heavy atom. The van der Waals surface area contributed by atoms with Crippen molar-refractivity contribution in [2.45, 2.75) is 13.5 Å². The Morgan fingerprint density at radius 3 is 2.48 bits per heavy atom. The number of methoxy groups -OCH3 is 1. The first-order valence-corrected chi connectivity index (χ1v) is 8.04. The van der Waals surface area contributed by atoms with E-state index in [9.17, 15) is 4.79 Å². The average molecular weight is 357 g/mol. The number of halogens is 1. The summed E-state index contributed by atoms with van der Waals surface area (Å²) < 4.78 is 6.80. The number of aromatic nitrogens is 3. The van der Waals surface area contributed by atoms with E-state index in [1.165, 1.54) is 0 Å². The van der Waals surface area contributed by atoms with Crippen molar-refractivity contribution in [3.05, 3.63) is 70.5 Å². The molecule has 7 heteroatoms. The summed E-state index contributed by atoms with van der Waals surface area (Å²) in [6.07, 6.45) is 0. The van der Waals surface area contributed by atoms with Gasteiger partial charge in [0.05, 0.1) is 12.3 Å². The molecule has 3 aromatic rings. The molecule has 2 aromatic carbocycles. The molecule has 0 aliphatic carbocycles. The molecule has 0 spiro atoms. The van der Waals surface area contributed by atoms with Crippen LogP contribution < -0.4 is 5.32 Å². The molecule has 0 fully saturated rings. The maximum atomic E-state index is 12.6. The lowest BCUT2D eigenvalue weighted by atomic mass is 10.2. The molecule has 1 N–H and O–H groups in total. The minimum absolute atomic E-state index is 0.201. The number of nitrogens with zero attached hydrogens (tertiary/aromatic N) is 3. The Morgan fingerprint density at radius 1 is 1.16 bits per heavy atom. The lowest BCUT2D eigenvalue weighted by Gasteiger charge is -2.08. The van der Waals surface area contributed by atoms with Crippen LogP contribution in [-0.2, 0) is 11.3 Å². The third-order valence-corrected chi connectivity index (χ3v) is 3.89. The molecule has 1 amide bonds. The van der Waals surface area contributed by atoms with Crippen molar-refractivity contribution in [1.29, 1.82) is 0 Å². The number of anilines is 1. The van der Waals surface area contributed by atoms with E-state index in [1.807, 2.05) is 31.2 Å². The van der Waals surface area contributed by atoms with Crippen LogP contribution in [0.2, 0.25) is 5.02 Å². The van der Waals surface area contributed by atoms with Crippen molar-refractivity contribution < 1.29 is 9.53 Å². The third kappa shape index (κ3) is 3.87. The number of nitrogens with one attached hydrogen (secondary N) is 1. The Kier molecular flexibility index (Phi) is 5.11. The van der Waals surface area contributed by atoms with E-state index in [0.29, 0.717) is 16.4 Å². The Hall–Kier alpha value is -2.70. The van der Waals surface area contributed by atoms with Crippen molar-refractivity contribution in [1.82, 2.24) is 15.0 Å². The van der Waals surface area contributed by atoms with Crippen molar-refractivity contribution >= 4 is 23.2 Å². The number of amides is 1. The molecule has 1 aromatic heterocycles. The first-order chi connectivity index (χ1) is 12.1. The topological polar surface area (TPSA) is 69.0 Å². The Bertz CT molecular complexity index is 873. The molecular formula is C18H17ClN4O2. The molecular weight excluding hydrogens is 340 g/mol. The van der Waals surface area contributed by atoms with Crippen LogP contribution in [0.25, 0.3) is 5.69 Å². The minimum Gasteiger partial charge on any atom is -0.378 e. The number of benzene rings is 2. The maximum absolute atomic E-state index is 12.6. The van der Waals surface area contributed by atoms with Gasteiger partial charge in [0.15, 0.2) is 5.69 Å². The van der Waals surface area contributed by atoms with Gasteiger partial charge in [-0.05, 0) is 43.3 Å². The van der Waals surface area contributed by atoms with E-state index in [-0.39, 0.29) is 18.2 Å². The van der Waals surface area contributed by atoms with E-state index >= 15 is 0 Å². The average Bonchev–Trinajstić information content (AvgIpc) is 3.02. The highest BCUT2D eigenvalue weighted by molar-refractivity contribution is 6.30. The molecule has 0 bridgehead atoms. The second kappa shape index (κ2) is 7.46. The van der Waals surface area contributed by atoms with Gasteiger partial charge >= 0.3 is 0 Å². The largest absolute Gasteiger partial charge is 0.378 e. The molecule has 128 valence electrons. The summed E-state index contributed by atoms with van der Waals surface area (Å²) in [5.41, 5.74) is 3.34. The molecule has 0 aliphatic heterocycles. The van der Waals surface area contributed by atoms with Crippen molar-refractivity contribution in [3.63, 3.8) is 0 Å². The highest BCUT2D eigenvalue weighted by Crippen LogP contribution is 2.18. The summed E-state index contributed by atoms with van der Waals surface area (Å²) in [6.45, 7) is 2.19. The van der Waals surface area contributed by atoms with E-state index < -0.39 is 0 Å². The molecule has 6 nitrogen and oxygen atoms in total. The fraction of sp³-hybridized carbons (Fsp3) is 0.167. The second-order valence-electron chi connectivity index (χ2n) is 5.53. The molecule has 0 saturated heterocycles. The fourth-order valence-corrected chi connectivity index (χ4v) is 2.49. The van der Waals surface area contributed by atoms with Crippen molar-refractivity contribution in [2.75, 3.05) is 12.4 Å². The van der Waals surface area contributed by atoms with Crippen LogP contribution in [0.15, 0.2) is 48.5 Å². The van der Waals surface area contributed by atoms with Crippen LogP contribution in [0, 0.1) is 6.92 Å². The maximum Gasteiger partial charge on any atom is 0.278 e. The lowest BCUT2D eigenvalue weighted by molar-refractivity contribution is 0.101. The third-order valence-electron chi connectivity index (χ3n) is 3.64. The summed E-state index contributed by atoms with van der Waals surface area (Å²) in [4.78, 5) is 12.6. The van der Waals surface area contributed by atoms with Gasteiger partial charge in [-0.1, -0.05) is 34.5 Å². The van der Waals surface area contributed by atoms with Crippen molar-refractivity contribution in [3.8, 4) is 5.69 Å². The van der Waals surface area contributed by atoms with E-state index in [2.05, 4.69) is 15.6 Å². The van der Waals surface area contributed by atoms with Crippen LogP contribution in [0.5, 0.6) is 0 Å². The van der Waals surface area contributed by atoms with Gasteiger partial charge in [-0.3, -0.25) is 4.79 Å². The van der Waals surface area contributed by atoms with Crippen LogP contribution in [0.4, 0.5) is 5.69 Å². The van der Waals surface area contributed by atoms with E-state index in [0.717, 1.165) is 11.3 Å². The van der Waals surface area contributed by atoms with Gasteiger partial charge < -0.3 is 10.1 Å². The Labute approximate surface area is 150 Å². The van der Waals surface area contributed by atoms with Gasteiger partial charge in [-0.15, -0.1) is 5.10 Å². The molecule has 0 unspecified atom stereocenters. The van der Waals surface area contributed by atoms with Gasteiger partial charge in [0.2, 0.25) is 0 Å².